The highest BCUT2D eigenvalue weighted by Gasteiger charge is 2.31. The number of aromatic nitrogens is 3. The number of rotatable bonds is 12. The molecular weight excluding hydrogens is 588 g/mol. The number of fused-ring (bicyclic) bond motifs is 2. The highest BCUT2D eigenvalue weighted by atomic mass is 16.7. The van der Waals surface area contributed by atoms with Gasteiger partial charge in [0, 0.05) is 42.6 Å². The van der Waals surface area contributed by atoms with E-state index in [-0.39, 0.29) is 26.2 Å². The maximum Gasteiger partial charge on any atom is 0.419 e. The number of unbranched alkanes of at least 4 members (excludes halogenated alkanes) is 1. The van der Waals surface area contributed by atoms with Crippen molar-refractivity contribution in [2.24, 2.45) is 0 Å². The van der Waals surface area contributed by atoms with Gasteiger partial charge in [0.15, 0.2) is 11.5 Å². The Bertz CT molecular complexity index is 1700. The second-order valence-corrected chi connectivity index (χ2v) is 12.3. The lowest BCUT2D eigenvalue weighted by molar-refractivity contribution is -0.147. The number of para-hydroxylation sites is 1. The number of carbonyl (C=O) groups is 3. The third kappa shape index (κ3) is 7.70. The number of amides is 1. The van der Waals surface area contributed by atoms with Crippen molar-refractivity contribution in [2.45, 2.75) is 84.3 Å². The average molecular weight is 631 g/mol. The molecule has 3 heterocycles. The van der Waals surface area contributed by atoms with Gasteiger partial charge in [-0.3, -0.25) is 4.79 Å². The van der Waals surface area contributed by atoms with Crippen LogP contribution in [-0.4, -0.2) is 57.5 Å². The van der Waals surface area contributed by atoms with Crippen molar-refractivity contribution in [3.05, 3.63) is 77.5 Å². The predicted molar refractivity (Wildman–Crippen MR) is 172 cm³/mol. The monoisotopic (exact) mass is 630 g/mol. The van der Waals surface area contributed by atoms with Crippen molar-refractivity contribution >= 4 is 28.9 Å². The summed E-state index contributed by atoms with van der Waals surface area (Å²) in [6.07, 6.45) is 5.68. The molecule has 0 fully saturated rings. The lowest BCUT2D eigenvalue weighted by Crippen LogP contribution is -2.45. The Labute approximate surface area is 268 Å². The van der Waals surface area contributed by atoms with Crippen molar-refractivity contribution in [1.29, 1.82) is 0 Å². The smallest absolute Gasteiger partial charge is 0.419 e. The Balaban J connectivity index is 1.47. The van der Waals surface area contributed by atoms with Crippen LogP contribution in [0.1, 0.15) is 76.0 Å². The van der Waals surface area contributed by atoms with Gasteiger partial charge in [-0.1, -0.05) is 37.6 Å². The molecule has 0 bridgehead atoms. The number of hydrogen-bond acceptors (Lipinski definition) is 8. The van der Waals surface area contributed by atoms with E-state index in [1.165, 1.54) is 4.57 Å². The van der Waals surface area contributed by atoms with Gasteiger partial charge in [-0.25, -0.2) is 19.1 Å². The molecular formula is C35H42N4O7. The highest BCUT2D eigenvalue weighted by molar-refractivity contribution is 5.90. The molecule has 46 heavy (non-hydrogen) atoms. The maximum absolute atomic E-state index is 14.2. The number of hydrogen-bond donors (Lipinski definition) is 2. The van der Waals surface area contributed by atoms with Gasteiger partial charge in [0.2, 0.25) is 12.7 Å². The topological polar surface area (TPSA) is 134 Å². The van der Waals surface area contributed by atoms with Gasteiger partial charge in [-0.2, -0.15) is 0 Å². The quantitative estimate of drug-likeness (QED) is 0.187. The normalized spacial score (nSPS) is 13.8. The van der Waals surface area contributed by atoms with Crippen LogP contribution in [0.5, 0.6) is 11.5 Å². The van der Waals surface area contributed by atoms with E-state index in [4.69, 9.17) is 23.9 Å². The number of aromatic amines is 1. The van der Waals surface area contributed by atoms with E-state index in [0.717, 1.165) is 29.3 Å². The molecule has 0 radical (unpaired) electrons. The van der Waals surface area contributed by atoms with Crippen LogP contribution in [-0.2, 0) is 38.3 Å². The highest BCUT2D eigenvalue weighted by Crippen LogP contribution is 2.36. The fraction of sp³-hybridized carbons (Fsp3) is 0.429. The Morgan fingerprint density at radius 3 is 2.61 bits per heavy atom. The summed E-state index contributed by atoms with van der Waals surface area (Å²) in [5, 5.41) is 3.94. The van der Waals surface area contributed by atoms with Gasteiger partial charge in [0.1, 0.15) is 17.5 Å². The second kappa shape index (κ2) is 14.1. The molecule has 2 N–H and O–H groups in total. The fourth-order valence-electron chi connectivity index (χ4n) is 5.48. The molecule has 0 saturated carbocycles. The summed E-state index contributed by atoms with van der Waals surface area (Å²) < 4.78 is 23.6. The van der Waals surface area contributed by atoms with Crippen molar-refractivity contribution < 1.29 is 33.3 Å². The lowest BCUT2D eigenvalue weighted by atomic mass is 9.92. The number of aryl methyl sites for hydroxylation is 1. The molecule has 11 nitrogen and oxygen atoms in total. The molecule has 0 aliphatic carbocycles. The molecule has 1 aliphatic heterocycles. The van der Waals surface area contributed by atoms with Crippen molar-refractivity contribution in [1.82, 2.24) is 19.9 Å². The molecule has 5 rings (SSSR count). The van der Waals surface area contributed by atoms with Crippen LogP contribution >= 0.6 is 0 Å². The first-order valence-electron chi connectivity index (χ1n) is 15.8. The summed E-state index contributed by atoms with van der Waals surface area (Å²) in [6, 6.07) is 12.2. The first-order chi connectivity index (χ1) is 22.1. The van der Waals surface area contributed by atoms with Crippen LogP contribution in [0.25, 0.3) is 10.9 Å². The number of ether oxygens (including phenoxy) is 4. The summed E-state index contributed by atoms with van der Waals surface area (Å²) in [5.41, 5.74) is 2.32. The number of H-pyrrole nitrogens is 1. The number of nitrogens with one attached hydrogen (secondary N) is 2. The van der Waals surface area contributed by atoms with E-state index in [9.17, 15) is 14.4 Å². The van der Waals surface area contributed by atoms with E-state index < -0.39 is 35.5 Å². The van der Waals surface area contributed by atoms with Crippen LogP contribution in [0.15, 0.2) is 54.9 Å². The second-order valence-electron chi connectivity index (χ2n) is 12.3. The van der Waals surface area contributed by atoms with Gasteiger partial charge in [0.05, 0.1) is 18.2 Å². The zero-order chi connectivity index (χ0) is 32.8. The minimum atomic E-state index is -0.942. The van der Waals surface area contributed by atoms with Gasteiger partial charge in [-0.05, 0) is 63.4 Å². The summed E-state index contributed by atoms with van der Waals surface area (Å²) in [5.74, 6) is -0.0166. The van der Waals surface area contributed by atoms with E-state index in [0.29, 0.717) is 35.0 Å². The van der Waals surface area contributed by atoms with Crippen LogP contribution in [0, 0.1) is 0 Å². The molecule has 11 heteroatoms. The Morgan fingerprint density at radius 1 is 1.07 bits per heavy atom. The number of benzene rings is 2. The summed E-state index contributed by atoms with van der Waals surface area (Å²) >= 11 is 0. The Kier molecular flexibility index (Phi) is 9.99. The fourth-order valence-corrected chi connectivity index (χ4v) is 5.48. The minimum Gasteiger partial charge on any atom is -0.464 e. The molecule has 4 aromatic rings. The Hall–Kier alpha value is -4.80. The third-order valence-electron chi connectivity index (χ3n) is 7.69. The molecule has 2 aromatic carbocycles. The van der Waals surface area contributed by atoms with Crippen LogP contribution in [0.2, 0.25) is 0 Å². The number of nitrogens with zero attached hydrogens (tertiary/aromatic N) is 2. The largest absolute Gasteiger partial charge is 0.464 e. The van der Waals surface area contributed by atoms with Crippen LogP contribution < -0.4 is 14.8 Å². The van der Waals surface area contributed by atoms with Gasteiger partial charge in [-0.15, -0.1) is 0 Å². The van der Waals surface area contributed by atoms with Crippen LogP contribution in [0.3, 0.4) is 0 Å². The van der Waals surface area contributed by atoms with Gasteiger partial charge < -0.3 is 29.2 Å². The number of esters is 1. The molecule has 2 aromatic heterocycles. The molecule has 2 atom stereocenters. The van der Waals surface area contributed by atoms with E-state index in [2.05, 4.69) is 17.2 Å². The average Bonchev–Trinajstić information content (AvgIpc) is 3.76. The minimum absolute atomic E-state index is 0.0896. The van der Waals surface area contributed by atoms with E-state index in [1.807, 2.05) is 51.2 Å². The van der Waals surface area contributed by atoms with Crippen LogP contribution in [0.4, 0.5) is 4.79 Å². The standard InChI is InChI=1S/C35H42N4O7/c1-6-8-13-31-37-24(20-39(31)34(42)46-35(3,4)5)18-26(22-14-15-29-30(17-22)45-21-44-29)32(40)38-28(33(41)43-7-2)16-23-19-36-27-12-10-9-11-25(23)27/h9-12,14-15,17,19-20,26,28,36H,6-8,13,16,18,21H2,1-5H3,(H,38,40)/t26-,28-/m0/s1. The lowest BCUT2D eigenvalue weighted by Gasteiger charge is -2.22. The molecule has 0 unspecified atom stereocenters. The Morgan fingerprint density at radius 2 is 1.85 bits per heavy atom. The summed E-state index contributed by atoms with van der Waals surface area (Å²) in [7, 11) is 0. The number of carbonyl (C=O) groups excluding carboxylic acids is 3. The zero-order valence-electron chi connectivity index (χ0n) is 27.1. The van der Waals surface area contributed by atoms with E-state index in [1.54, 1.807) is 31.3 Å². The SMILES string of the molecule is CCCCc1nc(C[C@H](C(=O)N[C@@H](Cc2c[nH]c3ccccc23)C(=O)OCC)c2ccc3c(c2)OCO3)cn1C(=O)OC(C)(C)C. The number of imidazole rings is 1. The van der Waals surface area contributed by atoms with Crippen molar-refractivity contribution in [3.8, 4) is 11.5 Å². The molecule has 1 amide bonds. The maximum atomic E-state index is 14.2. The molecule has 0 saturated heterocycles. The first kappa shape index (κ1) is 32.6. The summed E-state index contributed by atoms with van der Waals surface area (Å²) in [4.78, 5) is 48.6. The van der Waals surface area contributed by atoms with E-state index >= 15 is 0 Å². The third-order valence-corrected chi connectivity index (χ3v) is 7.69. The molecule has 0 spiro atoms. The molecule has 244 valence electrons. The molecule has 1 aliphatic rings. The van der Waals surface area contributed by atoms with Crippen molar-refractivity contribution in [3.63, 3.8) is 0 Å². The van der Waals surface area contributed by atoms with Crippen molar-refractivity contribution in [2.75, 3.05) is 13.4 Å². The van der Waals surface area contributed by atoms with Gasteiger partial charge in [0.25, 0.3) is 0 Å². The predicted octanol–water partition coefficient (Wildman–Crippen LogP) is 5.84. The first-order valence-corrected chi connectivity index (χ1v) is 15.8. The zero-order valence-corrected chi connectivity index (χ0v) is 27.1. The van der Waals surface area contributed by atoms with Gasteiger partial charge >= 0.3 is 12.1 Å². The summed E-state index contributed by atoms with van der Waals surface area (Å²) in [6.45, 7) is 9.49.